The Hall–Kier alpha value is 0.651. The van der Waals surface area contributed by atoms with Gasteiger partial charge in [-0.05, 0) is 0 Å². The van der Waals surface area contributed by atoms with Gasteiger partial charge in [-0.3, -0.25) is 0 Å². The van der Waals surface area contributed by atoms with Gasteiger partial charge in [-0.25, -0.2) is 0 Å². The first-order valence-corrected chi connectivity index (χ1v) is 9.77. The molecule has 0 aromatic heterocycles. The summed E-state index contributed by atoms with van der Waals surface area (Å²) >= 11 is 0. The topological polar surface area (TPSA) is 0 Å². The molecule has 0 amide bonds. The molecule has 0 N–H and O–H groups in total. The minimum atomic E-state index is 0.0319. The molecule has 0 aromatic carbocycles. The molecule has 10 heavy (non-hydrogen) atoms. The average Bonchev–Trinajstić information content (AvgIpc) is 1.98. The molecule has 0 fully saturated rings. The van der Waals surface area contributed by atoms with E-state index >= 15 is 0 Å². The molecule has 0 heterocycles. The zero-order chi connectivity index (χ0) is 7.82. The van der Waals surface area contributed by atoms with Crippen molar-refractivity contribution in [2.45, 2.75) is 45.2 Å². The molecule has 0 saturated carbocycles. The fourth-order valence-electron chi connectivity index (χ4n) is 0.879. The van der Waals surface area contributed by atoms with E-state index < -0.39 is 0 Å². The minimum absolute atomic E-state index is 0.0319. The van der Waals surface area contributed by atoms with Crippen LogP contribution in [-0.2, 0) is 0 Å². The monoisotopic (exact) mass is 184 g/mol. The van der Waals surface area contributed by atoms with Gasteiger partial charge in [-0.2, -0.15) is 0 Å². The van der Waals surface area contributed by atoms with Gasteiger partial charge in [0.15, 0.2) is 0 Å². The maximum Gasteiger partial charge on any atom is 0.0271 e. The molecule has 0 aliphatic carbocycles. The Balaban J connectivity index is 2.89. The highest BCUT2D eigenvalue weighted by Gasteiger charge is 1.99. The van der Waals surface area contributed by atoms with Crippen molar-refractivity contribution >= 4 is 26.6 Å². The molecule has 56 valence electrons. The van der Waals surface area contributed by atoms with Crippen LogP contribution < -0.4 is 0 Å². The molecular weight excluding hydrogens is 168 g/mol. The lowest BCUT2D eigenvalue weighted by molar-refractivity contribution is 0.700. The summed E-state index contributed by atoms with van der Waals surface area (Å²) in [5.41, 5.74) is 0. The van der Waals surface area contributed by atoms with E-state index in [4.69, 9.17) is 0 Å². The Labute approximate surface area is 72.2 Å². The summed E-state index contributed by atoms with van der Waals surface area (Å²) in [6, 6.07) is 1.51. The second-order valence-corrected chi connectivity index (χ2v) is 10.6. The molecule has 3 heteroatoms. The highest BCUT2D eigenvalue weighted by Crippen LogP contribution is 2.04. The fourth-order valence-corrected chi connectivity index (χ4v) is 3.82. The van der Waals surface area contributed by atoms with Gasteiger partial charge in [0.1, 0.15) is 0 Å². The molecule has 0 nitrogen and oxygen atoms in total. The van der Waals surface area contributed by atoms with Crippen molar-refractivity contribution in [2.24, 2.45) is 0 Å². The molecule has 0 rings (SSSR count). The van der Waals surface area contributed by atoms with Gasteiger partial charge in [-0.15, -0.1) is 0 Å². The van der Waals surface area contributed by atoms with Crippen molar-refractivity contribution < 1.29 is 0 Å². The van der Waals surface area contributed by atoms with Gasteiger partial charge in [0.25, 0.3) is 0 Å². The highest BCUT2D eigenvalue weighted by molar-refractivity contribution is 7.31. The third kappa shape index (κ3) is 6.77. The predicted octanol–water partition coefficient (Wildman–Crippen LogP) is 1.98. The van der Waals surface area contributed by atoms with Gasteiger partial charge in [0.05, 0.1) is 0 Å². The van der Waals surface area contributed by atoms with Crippen LogP contribution in [0.15, 0.2) is 0 Å². The largest absolute Gasteiger partial charge is 0.0738 e. The van der Waals surface area contributed by atoms with E-state index in [-0.39, 0.29) is 8.31 Å². The molecular formula is C7H16Si3. The second-order valence-electron chi connectivity index (χ2n) is 2.72. The third-order valence-electron chi connectivity index (χ3n) is 1.62. The van der Waals surface area contributed by atoms with Crippen molar-refractivity contribution in [1.29, 1.82) is 0 Å². The van der Waals surface area contributed by atoms with Gasteiger partial charge in [0.2, 0.25) is 0 Å². The number of unbranched alkanes of at least 4 members (excludes halogenated alkanes) is 3. The zero-order valence-corrected chi connectivity index (χ0v) is 10.0. The van der Waals surface area contributed by atoms with E-state index in [1.807, 2.05) is 0 Å². The van der Waals surface area contributed by atoms with Crippen LogP contribution in [0.25, 0.3) is 0 Å². The van der Waals surface area contributed by atoms with Crippen molar-refractivity contribution in [3.05, 3.63) is 0 Å². The molecule has 0 bridgehead atoms. The van der Waals surface area contributed by atoms with Gasteiger partial charge >= 0.3 is 0 Å². The van der Waals surface area contributed by atoms with E-state index in [1.54, 1.807) is 0 Å². The Kier molecular flexibility index (Phi) is 8.26. The molecule has 0 unspecified atom stereocenters. The summed E-state index contributed by atoms with van der Waals surface area (Å²) < 4.78 is 0. The van der Waals surface area contributed by atoms with Crippen LogP contribution >= 0.6 is 0 Å². The van der Waals surface area contributed by atoms with E-state index in [1.165, 1.54) is 31.7 Å². The Morgan fingerprint density at radius 3 is 2.50 bits per heavy atom. The first-order valence-electron chi connectivity index (χ1n) is 4.06. The van der Waals surface area contributed by atoms with Gasteiger partial charge in [0, 0.05) is 26.6 Å². The van der Waals surface area contributed by atoms with Crippen LogP contribution in [0.4, 0.5) is 0 Å². The normalized spacial score (nSPS) is 10.8. The highest BCUT2D eigenvalue weighted by atomic mass is 29.5. The minimum Gasteiger partial charge on any atom is -0.0738 e. The lowest BCUT2D eigenvalue weighted by atomic mass is 10.2. The fraction of sp³-hybridized carbons (Fsp3) is 1.00. The molecule has 0 atom stereocenters. The number of hydrogen-bond donors (Lipinski definition) is 0. The number of hydrogen-bond acceptors (Lipinski definition) is 0. The van der Waals surface area contributed by atoms with Gasteiger partial charge in [-0.1, -0.05) is 45.2 Å². The van der Waals surface area contributed by atoms with Crippen LogP contribution in [0.5, 0.6) is 0 Å². The van der Waals surface area contributed by atoms with Crippen molar-refractivity contribution in [2.75, 3.05) is 0 Å². The molecule has 0 spiro atoms. The first kappa shape index (κ1) is 10.7. The van der Waals surface area contributed by atoms with Crippen LogP contribution in [0, 0.1) is 0 Å². The zero-order valence-electron chi connectivity index (χ0n) is 7.04. The van der Waals surface area contributed by atoms with E-state index in [2.05, 4.69) is 23.2 Å². The van der Waals surface area contributed by atoms with E-state index in [0.29, 0.717) is 0 Å². The van der Waals surface area contributed by atoms with Crippen LogP contribution in [0.1, 0.15) is 32.6 Å². The van der Waals surface area contributed by atoms with Crippen molar-refractivity contribution in [3.63, 3.8) is 0 Å². The second kappa shape index (κ2) is 7.75. The maximum atomic E-state index is 3.60. The lowest BCUT2D eigenvalue weighted by Gasteiger charge is -2.03. The molecule has 0 aliphatic rings. The van der Waals surface area contributed by atoms with Gasteiger partial charge < -0.3 is 0 Å². The van der Waals surface area contributed by atoms with E-state index in [0.717, 1.165) is 8.55 Å². The van der Waals surface area contributed by atoms with Crippen LogP contribution in [-0.4, -0.2) is 26.6 Å². The van der Waals surface area contributed by atoms with E-state index in [9.17, 15) is 0 Å². The van der Waals surface area contributed by atoms with Crippen LogP contribution in [0.3, 0.4) is 0 Å². The summed E-state index contributed by atoms with van der Waals surface area (Å²) in [6.07, 6.45) is 5.72. The summed E-state index contributed by atoms with van der Waals surface area (Å²) in [7, 11) is 4.68. The Bertz CT molecular complexity index is 65.9. The molecule has 0 aliphatic heterocycles. The molecule has 0 aromatic rings. The summed E-state index contributed by atoms with van der Waals surface area (Å²) in [6.45, 7) is 4.69. The molecule has 6 radical (unpaired) electrons. The summed E-state index contributed by atoms with van der Waals surface area (Å²) in [5.74, 6) is 0. The lowest BCUT2D eigenvalue weighted by Crippen LogP contribution is -2.17. The maximum absolute atomic E-state index is 3.60. The Morgan fingerprint density at radius 1 is 1.30 bits per heavy atom. The first-order chi connectivity index (χ1) is 4.81. The standard InChI is InChI=1S/C7H16Si3/c1-3-4-5-6-7-10(2)9-8/h3-7H2,1-2H3. The summed E-state index contributed by atoms with van der Waals surface area (Å²) in [4.78, 5) is 0. The number of rotatable bonds is 6. The van der Waals surface area contributed by atoms with Crippen molar-refractivity contribution in [1.82, 2.24) is 0 Å². The SMILES string of the molecule is CCCCCC[Si](C)[Si][Si]. The van der Waals surface area contributed by atoms with Crippen LogP contribution in [0.2, 0.25) is 12.6 Å². The quantitative estimate of drug-likeness (QED) is 0.437. The average molecular weight is 184 g/mol. The third-order valence-corrected chi connectivity index (χ3v) is 9.02. The Morgan fingerprint density at radius 2 is 2.00 bits per heavy atom. The predicted molar refractivity (Wildman–Crippen MR) is 52.1 cm³/mol. The van der Waals surface area contributed by atoms with Crippen molar-refractivity contribution in [3.8, 4) is 0 Å². The summed E-state index contributed by atoms with van der Waals surface area (Å²) in [5, 5.41) is 0. The molecule has 0 saturated heterocycles. The smallest absolute Gasteiger partial charge is 0.0271 e.